The molecule has 0 fully saturated rings. The number of nitrogens with one attached hydrogen (secondary N) is 3. The van der Waals surface area contributed by atoms with Crippen molar-refractivity contribution in [2.45, 2.75) is 0 Å². The number of hydrazine groups is 1. The summed E-state index contributed by atoms with van der Waals surface area (Å²) in [5.74, 6) is -2.08. The van der Waals surface area contributed by atoms with Gasteiger partial charge < -0.3 is 5.32 Å². The van der Waals surface area contributed by atoms with Crippen molar-refractivity contribution in [3.8, 4) is 0 Å². The molecular formula is C16H11ClFN7O3. The first kappa shape index (κ1) is 18.9. The fourth-order valence-corrected chi connectivity index (χ4v) is 2.34. The van der Waals surface area contributed by atoms with Crippen LogP contribution in [0.1, 0.15) is 10.4 Å². The molecule has 3 rings (SSSR count). The molecule has 1 aromatic carbocycles. The number of carbonyl (C=O) groups excluding carboxylic acids is 1. The van der Waals surface area contributed by atoms with Crippen LogP contribution in [-0.4, -0.2) is 25.8 Å². The number of aromatic nitrogens is 3. The fraction of sp³-hybridized carbons (Fsp3) is 0. The Morgan fingerprint density at radius 2 is 1.86 bits per heavy atom. The number of halogens is 2. The van der Waals surface area contributed by atoms with Gasteiger partial charge in [-0.15, -0.1) is 0 Å². The number of anilines is 3. The summed E-state index contributed by atoms with van der Waals surface area (Å²) < 4.78 is 13.7. The Bertz CT molecular complexity index is 1050. The summed E-state index contributed by atoms with van der Waals surface area (Å²) in [4.78, 5) is 34.3. The molecule has 142 valence electrons. The maximum absolute atomic E-state index is 13.7. The number of hydrogen-bond acceptors (Lipinski definition) is 8. The molecule has 0 saturated carbocycles. The Morgan fingerprint density at radius 3 is 2.57 bits per heavy atom. The zero-order chi connectivity index (χ0) is 20.1. The molecule has 0 aliphatic rings. The molecule has 0 atom stereocenters. The van der Waals surface area contributed by atoms with E-state index in [1.165, 1.54) is 24.4 Å². The Labute approximate surface area is 161 Å². The van der Waals surface area contributed by atoms with E-state index in [2.05, 4.69) is 31.1 Å². The summed E-state index contributed by atoms with van der Waals surface area (Å²) in [5.41, 5.74) is 3.96. The molecule has 28 heavy (non-hydrogen) atoms. The van der Waals surface area contributed by atoms with Gasteiger partial charge in [-0.1, -0.05) is 23.7 Å². The summed E-state index contributed by atoms with van der Waals surface area (Å²) in [5, 5.41) is 14.3. The van der Waals surface area contributed by atoms with Crippen LogP contribution in [0.2, 0.25) is 5.15 Å². The molecule has 0 aliphatic carbocycles. The second-order valence-electron chi connectivity index (χ2n) is 5.20. The van der Waals surface area contributed by atoms with E-state index in [0.717, 1.165) is 12.4 Å². The maximum Gasteiger partial charge on any atom is 0.355 e. The molecule has 0 bridgehead atoms. The molecule has 1 amide bonds. The molecule has 0 aliphatic heterocycles. The second kappa shape index (κ2) is 8.22. The van der Waals surface area contributed by atoms with Gasteiger partial charge in [-0.25, -0.2) is 19.3 Å². The monoisotopic (exact) mass is 403 g/mol. The number of carbonyl (C=O) groups is 1. The van der Waals surface area contributed by atoms with Gasteiger partial charge in [-0.2, -0.15) is 0 Å². The average molecular weight is 404 g/mol. The van der Waals surface area contributed by atoms with Gasteiger partial charge in [0.15, 0.2) is 5.15 Å². The van der Waals surface area contributed by atoms with Crippen LogP contribution in [0.3, 0.4) is 0 Å². The topological polar surface area (TPSA) is 135 Å². The van der Waals surface area contributed by atoms with Crippen LogP contribution in [0.25, 0.3) is 0 Å². The molecule has 12 heteroatoms. The minimum Gasteiger partial charge on any atom is -0.332 e. The van der Waals surface area contributed by atoms with E-state index >= 15 is 0 Å². The number of nitrogens with zero attached hydrogens (tertiary/aromatic N) is 4. The minimum atomic E-state index is -0.837. The normalized spacial score (nSPS) is 10.2. The lowest BCUT2D eigenvalue weighted by molar-refractivity contribution is -0.383. The number of benzene rings is 1. The zero-order valence-corrected chi connectivity index (χ0v) is 14.6. The lowest BCUT2D eigenvalue weighted by Gasteiger charge is -2.11. The highest BCUT2D eigenvalue weighted by Crippen LogP contribution is 2.32. The smallest absolute Gasteiger partial charge is 0.332 e. The lowest BCUT2D eigenvalue weighted by atomic mass is 10.2. The molecule has 0 radical (unpaired) electrons. The van der Waals surface area contributed by atoms with Crippen molar-refractivity contribution in [3.63, 3.8) is 0 Å². The van der Waals surface area contributed by atoms with Crippen LogP contribution in [0, 0.1) is 15.9 Å². The summed E-state index contributed by atoms with van der Waals surface area (Å²) in [6, 6.07) is 8.41. The largest absolute Gasteiger partial charge is 0.355 e. The quantitative estimate of drug-likeness (QED) is 0.324. The minimum absolute atomic E-state index is 0.0813. The van der Waals surface area contributed by atoms with Gasteiger partial charge in [0.05, 0.1) is 16.2 Å². The second-order valence-corrected chi connectivity index (χ2v) is 5.56. The maximum atomic E-state index is 13.7. The van der Waals surface area contributed by atoms with Crippen molar-refractivity contribution in [1.82, 2.24) is 20.4 Å². The van der Waals surface area contributed by atoms with Crippen molar-refractivity contribution >= 4 is 40.5 Å². The molecule has 0 saturated heterocycles. The van der Waals surface area contributed by atoms with Crippen LogP contribution in [0.15, 0.2) is 48.9 Å². The summed E-state index contributed by atoms with van der Waals surface area (Å²) >= 11 is 5.94. The molecule has 3 aromatic rings. The van der Waals surface area contributed by atoms with Crippen molar-refractivity contribution < 1.29 is 14.1 Å². The van der Waals surface area contributed by atoms with Crippen LogP contribution >= 0.6 is 11.6 Å². The number of nitro groups is 1. The summed E-state index contributed by atoms with van der Waals surface area (Å²) in [6.45, 7) is 0. The Hall–Kier alpha value is -3.86. The highest BCUT2D eigenvalue weighted by molar-refractivity contribution is 6.32. The predicted molar refractivity (Wildman–Crippen MR) is 98.7 cm³/mol. The van der Waals surface area contributed by atoms with Crippen molar-refractivity contribution in [3.05, 3.63) is 75.6 Å². The fourth-order valence-electron chi connectivity index (χ4n) is 2.17. The van der Waals surface area contributed by atoms with Crippen molar-refractivity contribution in [1.29, 1.82) is 0 Å². The SMILES string of the molecule is O=C(NNc1ncnc(Nc2cccnc2Cl)c1[N+](=O)[O-])c1ccccc1F. The van der Waals surface area contributed by atoms with E-state index in [1.807, 2.05) is 0 Å². The first-order valence-electron chi connectivity index (χ1n) is 7.65. The molecule has 10 nitrogen and oxygen atoms in total. The molecule has 0 spiro atoms. The van der Waals surface area contributed by atoms with Crippen LogP contribution in [0.4, 0.5) is 27.4 Å². The highest BCUT2D eigenvalue weighted by Gasteiger charge is 2.24. The van der Waals surface area contributed by atoms with Gasteiger partial charge in [0.25, 0.3) is 5.91 Å². The summed E-state index contributed by atoms with van der Waals surface area (Å²) in [6.07, 6.45) is 2.49. The van der Waals surface area contributed by atoms with Gasteiger partial charge in [-0.05, 0) is 24.3 Å². The van der Waals surface area contributed by atoms with E-state index in [9.17, 15) is 19.3 Å². The Kier molecular flexibility index (Phi) is 5.56. The number of hydrogen-bond donors (Lipinski definition) is 3. The zero-order valence-electron chi connectivity index (χ0n) is 13.9. The lowest BCUT2D eigenvalue weighted by Crippen LogP contribution is -2.31. The predicted octanol–water partition coefficient (Wildman–Crippen LogP) is 3.07. The van der Waals surface area contributed by atoms with E-state index in [0.29, 0.717) is 0 Å². The van der Waals surface area contributed by atoms with Gasteiger partial charge in [0, 0.05) is 6.20 Å². The molecule has 0 unspecified atom stereocenters. The third kappa shape index (κ3) is 4.10. The standard InChI is InChI=1S/C16H11ClFN7O3/c17-13-11(6-3-7-19-13)22-14-12(25(27)28)15(21-8-20-14)23-24-16(26)9-4-1-2-5-10(9)18/h1-8H,(H,24,26)(H2,20,21,22,23). The Morgan fingerprint density at radius 1 is 1.11 bits per heavy atom. The van der Waals surface area contributed by atoms with Crippen LogP contribution in [-0.2, 0) is 0 Å². The van der Waals surface area contributed by atoms with Crippen LogP contribution in [0.5, 0.6) is 0 Å². The molecule has 2 heterocycles. The van der Waals surface area contributed by atoms with E-state index in [-0.39, 0.29) is 28.0 Å². The summed E-state index contributed by atoms with van der Waals surface area (Å²) in [7, 11) is 0. The third-order valence-corrected chi connectivity index (χ3v) is 3.73. The molecule has 3 N–H and O–H groups in total. The van der Waals surface area contributed by atoms with Crippen LogP contribution < -0.4 is 16.2 Å². The van der Waals surface area contributed by atoms with Crippen molar-refractivity contribution in [2.24, 2.45) is 0 Å². The highest BCUT2D eigenvalue weighted by atomic mass is 35.5. The van der Waals surface area contributed by atoms with E-state index in [1.54, 1.807) is 12.1 Å². The number of rotatable bonds is 6. The first-order chi connectivity index (χ1) is 13.5. The van der Waals surface area contributed by atoms with E-state index < -0.39 is 22.3 Å². The van der Waals surface area contributed by atoms with E-state index in [4.69, 9.17) is 11.6 Å². The Balaban J connectivity index is 1.85. The number of pyridine rings is 1. The van der Waals surface area contributed by atoms with Gasteiger partial charge >= 0.3 is 5.69 Å². The van der Waals surface area contributed by atoms with Crippen molar-refractivity contribution in [2.75, 3.05) is 10.7 Å². The third-order valence-electron chi connectivity index (χ3n) is 3.43. The average Bonchev–Trinajstić information content (AvgIpc) is 2.68. The molecular weight excluding hydrogens is 393 g/mol. The van der Waals surface area contributed by atoms with Gasteiger partial charge in [0.1, 0.15) is 12.1 Å². The first-order valence-corrected chi connectivity index (χ1v) is 8.03. The van der Waals surface area contributed by atoms with Gasteiger partial charge in [0.2, 0.25) is 11.6 Å². The number of amides is 1. The van der Waals surface area contributed by atoms with Gasteiger partial charge in [-0.3, -0.25) is 25.8 Å². The molecule has 2 aromatic heterocycles.